The van der Waals surface area contributed by atoms with Gasteiger partial charge in [-0.2, -0.15) is 0 Å². The first-order valence-electron chi connectivity index (χ1n) is 4.62. The van der Waals surface area contributed by atoms with Crippen molar-refractivity contribution in [2.75, 3.05) is 0 Å². The normalized spacial score (nSPS) is 11.3. The Morgan fingerprint density at radius 1 is 1.44 bits per heavy atom. The standard InChI is InChI=1S/C10H12ClFO3Si/c1-16(2,3)15-9-7(10(13)14)4-6(11)5-8(9)12/h4-5H,1-3H3,(H,13,14). The molecule has 0 heterocycles. The molecule has 1 aromatic carbocycles. The van der Waals surface area contributed by atoms with Crippen LogP contribution >= 0.6 is 11.6 Å². The number of aromatic carboxylic acids is 1. The topological polar surface area (TPSA) is 46.5 Å². The van der Waals surface area contributed by atoms with E-state index in [0.717, 1.165) is 6.07 Å². The molecule has 0 unspecified atom stereocenters. The van der Waals surface area contributed by atoms with Crippen LogP contribution in [0.5, 0.6) is 5.75 Å². The van der Waals surface area contributed by atoms with Crippen LogP contribution in [0.25, 0.3) is 0 Å². The van der Waals surface area contributed by atoms with Crippen LogP contribution in [0.1, 0.15) is 10.4 Å². The molecule has 0 fully saturated rings. The second kappa shape index (κ2) is 4.43. The zero-order valence-corrected chi connectivity index (χ0v) is 10.9. The summed E-state index contributed by atoms with van der Waals surface area (Å²) >= 11 is 5.59. The van der Waals surface area contributed by atoms with Crippen LogP contribution in [0.4, 0.5) is 4.39 Å². The largest absolute Gasteiger partial charge is 0.542 e. The van der Waals surface area contributed by atoms with Gasteiger partial charge in [0, 0.05) is 5.02 Å². The fourth-order valence-electron chi connectivity index (χ4n) is 1.13. The van der Waals surface area contributed by atoms with Crippen molar-refractivity contribution in [3.8, 4) is 5.75 Å². The Hall–Kier alpha value is -1.07. The summed E-state index contributed by atoms with van der Waals surface area (Å²) in [5, 5.41) is 8.96. The Morgan fingerprint density at radius 2 is 2.00 bits per heavy atom. The van der Waals surface area contributed by atoms with Gasteiger partial charge in [0.05, 0.1) is 0 Å². The molecule has 0 bridgehead atoms. The van der Waals surface area contributed by atoms with Gasteiger partial charge in [0.25, 0.3) is 0 Å². The van der Waals surface area contributed by atoms with Gasteiger partial charge in [-0.25, -0.2) is 9.18 Å². The van der Waals surface area contributed by atoms with Crippen molar-refractivity contribution in [1.82, 2.24) is 0 Å². The number of rotatable bonds is 3. The van der Waals surface area contributed by atoms with Crippen LogP contribution in [-0.4, -0.2) is 19.4 Å². The van der Waals surface area contributed by atoms with Crippen molar-refractivity contribution < 1.29 is 18.7 Å². The minimum absolute atomic E-state index is 0.0397. The van der Waals surface area contributed by atoms with Gasteiger partial charge in [0.2, 0.25) is 8.32 Å². The molecule has 6 heteroatoms. The van der Waals surface area contributed by atoms with Gasteiger partial charge in [-0.3, -0.25) is 0 Å². The molecule has 16 heavy (non-hydrogen) atoms. The molecular formula is C10H12ClFO3Si. The van der Waals surface area contributed by atoms with Crippen LogP contribution in [-0.2, 0) is 0 Å². The number of hydrogen-bond donors (Lipinski definition) is 1. The van der Waals surface area contributed by atoms with Crippen LogP contribution in [0, 0.1) is 5.82 Å². The number of hydrogen-bond acceptors (Lipinski definition) is 2. The quantitative estimate of drug-likeness (QED) is 0.850. The van der Waals surface area contributed by atoms with Crippen LogP contribution in [0.15, 0.2) is 12.1 Å². The van der Waals surface area contributed by atoms with E-state index in [1.54, 1.807) is 0 Å². The van der Waals surface area contributed by atoms with E-state index in [9.17, 15) is 9.18 Å². The van der Waals surface area contributed by atoms with E-state index in [2.05, 4.69) is 0 Å². The first-order valence-corrected chi connectivity index (χ1v) is 8.40. The molecule has 0 aliphatic rings. The van der Waals surface area contributed by atoms with Gasteiger partial charge in [0.1, 0.15) is 5.56 Å². The second-order valence-electron chi connectivity index (χ2n) is 4.28. The predicted molar refractivity (Wildman–Crippen MR) is 62.3 cm³/mol. The molecule has 88 valence electrons. The van der Waals surface area contributed by atoms with Crippen LogP contribution < -0.4 is 4.43 Å². The Balaban J connectivity index is 3.30. The third-order valence-electron chi connectivity index (χ3n) is 1.65. The van der Waals surface area contributed by atoms with Gasteiger partial charge in [-0.1, -0.05) is 11.6 Å². The SMILES string of the molecule is C[Si](C)(C)Oc1c(F)cc(Cl)cc1C(=O)O. The van der Waals surface area contributed by atoms with Crippen molar-refractivity contribution in [1.29, 1.82) is 0 Å². The summed E-state index contributed by atoms with van der Waals surface area (Å²) in [7, 11) is -2.07. The summed E-state index contributed by atoms with van der Waals surface area (Å²) in [6.45, 7) is 5.52. The molecule has 3 nitrogen and oxygen atoms in total. The van der Waals surface area contributed by atoms with E-state index in [4.69, 9.17) is 21.1 Å². The molecule has 0 saturated carbocycles. The fourth-order valence-corrected chi connectivity index (χ4v) is 2.15. The van der Waals surface area contributed by atoms with E-state index in [0.29, 0.717) is 0 Å². The van der Waals surface area contributed by atoms with Crippen LogP contribution in [0.3, 0.4) is 0 Å². The highest BCUT2D eigenvalue weighted by molar-refractivity contribution is 6.70. The number of benzene rings is 1. The van der Waals surface area contributed by atoms with Crippen molar-refractivity contribution in [3.05, 3.63) is 28.5 Å². The fraction of sp³-hybridized carbons (Fsp3) is 0.300. The Kier molecular flexibility index (Phi) is 3.60. The summed E-state index contributed by atoms with van der Waals surface area (Å²) in [5.41, 5.74) is -0.243. The minimum atomic E-state index is -2.07. The Morgan fingerprint density at radius 3 is 2.44 bits per heavy atom. The molecule has 0 aliphatic heterocycles. The molecule has 0 aromatic heterocycles. The van der Waals surface area contributed by atoms with Crippen LogP contribution in [0.2, 0.25) is 24.7 Å². The predicted octanol–water partition coefficient (Wildman–Crippen LogP) is 3.39. The maximum absolute atomic E-state index is 13.6. The van der Waals surface area contributed by atoms with Crippen molar-refractivity contribution >= 4 is 25.9 Å². The minimum Gasteiger partial charge on any atom is -0.542 e. The highest BCUT2D eigenvalue weighted by Crippen LogP contribution is 2.29. The molecule has 0 spiro atoms. The molecule has 1 aromatic rings. The average Bonchev–Trinajstić information content (AvgIpc) is 2.07. The first kappa shape index (κ1) is 13.0. The van der Waals surface area contributed by atoms with Gasteiger partial charge >= 0.3 is 5.97 Å². The third-order valence-corrected chi connectivity index (χ3v) is 2.68. The van der Waals surface area contributed by atoms with Gasteiger partial charge in [-0.05, 0) is 31.8 Å². The Labute approximate surface area is 98.9 Å². The van der Waals surface area contributed by atoms with E-state index in [1.165, 1.54) is 6.07 Å². The monoisotopic (exact) mass is 262 g/mol. The molecule has 1 rings (SSSR count). The zero-order chi connectivity index (χ0) is 12.5. The highest BCUT2D eigenvalue weighted by atomic mass is 35.5. The highest BCUT2D eigenvalue weighted by Gasteiger charge is 2.24. The lowest BCUT2D eigenvalue weighted by Gasteiger charge is -2.21. The molecule has 0 radical (unpaired) electrons. The lowest BCUT2D eigenvalue weighted by Crippen LogP contribution is -2.30. The number of carbonyl (C=O) groups is 1. The summed E-state index contributed by atoms with van der Waals surface area (Å²) < 4.78 is 19.0. The summed E-state index contributed by atoms with van der Waals surface area (Å²) in [6, 6.07) is 2.23. The van der Waals surface area contributed by atoms with E-state index < -0.39 is 20.1 Å². The smallest absolute Gasteiger partial charge is 0.339 e. The van der Waals surface area contributed by atoms with E-state index in [-0.39, 0.29) is 16.3 Å². The molecule has 0 aliphatic carbocycles. The lowest BCUT2D eigenvalue weighted by molar-refractivity contribution is 0.0694. The number of halogens is 2. The zero-order valence-electron chi connectivity index (χ0n) is 9.17. The maximum Gasteiger partial charge on any atom is 0.339 e. The number of carboxylic acids is 1. The average molecular weight is 263 g/mol. The third kappa shape index (κ3) is 3.21. The summed E-state index contributed by atoms with van der Waals surface area (Å²) in [6.07, 6.45) is 0. The maximum atomic E-state index is 13.6. The molecule has 0 amide bonds. The molecule has 0 saturated heterocycles. The van der Waals surface area contributed by atoms with Gasteiger partial charge in [-0.15, -0.1) is 0 Å². The lowest BCUT2D eigenvalue weighted by atomic mass is 10.2. The van der Waals surface area contributed by atoms with E-state index >= 15 is 0 Å². The number of carboxylic acid groups (broad SMARTS) is 1. The molecule has 0 atom stereocenters. The first-order chi connectivity index (χ1) is 7.20. The van der Waals surface area contributed by atoms with Gasteiger partial charge in [0.15, 0.2) is 11.6 Å². The van der Waals surface area contributed by atoms with Crippen molar-refractivity contribution in [2.45, 2.75) is 19.6 Å². The van der Waals surface area contributed by atoms with Crippen molar-refractivity contribution in [2.24, 2.45) is 0 Å². The second-order valence-corrected chi connectivity index (χ2v) is 9.15. The van der Waals surface area contributed by atoms with E-state index in [1.807, 2.05) is 19.6 Å². The molecule has 1 N–H and O–H groups in total. The Bertz CT molecular complexity index is 429. The van der Waals surface area contributed by atoms with Gasteiger partial charge < -0.3 is 9.53 Å². The molecular weight excluding hydrogens is 251 g/mol. The van der Waals surface area contributed by atoms with Crippen molar-refractivity contribution in [3.63, 3.8) is 0 Å². The summed E-state index contributed by atoms with van der Waals surface area (Å²) in [4.78, 5) is 10.9. The summed E-state index contributed by atoms with van der Waals surface area (Å²) in [5.74, 6) is -2.22.